The van der Waals surface area contributed by atoms with Gasteiger partial charge in [0.25, 0.3) is 0 Å². The molecule has 100 valence electrons. The van der Waals surface area contributed by atoms with Crippen LogP contribution in [0.3, 0.4) is 0 Å². The lowest BCUT2D eigenvalue weighted by Gasteiger charge is -2.00. The Hall–Kier alpha value is -1.97. The number of hydrogen-bond donors (Lipinski definition) is 1. The van der Waals surface area contributed by atoms with Crippen LogP contribution in [0.5, 0.6) is 0 Å². The van der Waals surface area contributed by atoms with Gasteiger partial charge in [-0.2, -0.15) is 0 Å². The summed E-state index contributed by atoms with van der Waals surface area (Å²) in [5.74, 6) is 1.14. The van der Waals surface area contributed by atoms with Crippen LogP contribution < -0.4 is 5.73 Å². The molecule has 0 radical (unpaired) electrons. The second-order valence-corrected chi connectivity index (χ2v) is 5.10. The summed E-state index contributed by atoms with van der Waals surface area (Å²) >= 11 is 11.9. The zero-order chi connectivity index (χ0) is 14.1. The van der Waals surface area contributed by atoms with Crippen molar-refractivity contribution in [1.82, 2.24) is 4.98 Å². The van der Waals surface area contributed by atoms with Crippen molar-refractivity contribution in [3.63, 3.8) is 0 Å². The van der Waals surface area contributed by atoms with E-state index in [9.17, 15) is 0 Å². The van der Waals surface area contributed by atoms with Crippen LogP contribution in [0.4, 0.5) is 5.69 Å². The fourth-order valence-corrected chi connectivity index (χ4v) is 2.16. The number of halogens is 2. The molecule has 3 rings (SSSR count). The van der Waals surface area contributed by atoms with E-state index in [1.807, 2.05) is 30.3 Å². The smallest absolute Gasteiger partial charge is 0.226 e. The molecule has 3 aromatic rings. The third-order valence-corrected chi connectivity index (χ3v) is 3.58. The fraction of sp³-hybridized carbons (Fsp3) is 0. The topological polar surface area (TPSA) is 52.0 Å². The van der Waals surface area contributed by atoms with Crippen LogP contribution in [0.1, 0.15) is 0 Å². The largest absolute Gasteiger partial charge is 0.436 e. The minimum atomic E-state index is 0.478. The monoisotopic (exact) mass is 304 g/mol. The summed E-state index contributed by atoms with van der Waals surface area (Å²) in [5, 5.41) is 0.983. The van der Waals surface area contributed by atoms with Crippen LogP contribution in [0.25, 0.3) is 22.8 Å². The average Bonchev–Trinajstić information content (AvgIpc) is 2.92. The van der Waals surface area contributed by atoms with E-state index in [1.54, 1.807) is 18.3 Å². The molecule has 0 aliphatic carbocycles. The third-order valence-electron chi connectivity index (χ3n) is 2.84. The lowest BCUT2D eigenvalue weighted by Crippen LogP contribution is -1.84. The second kappa shape index (κ2) is 5.19. The molecule has 20 heavy (non-hydrogen) atoms. The standard InChI is InChI=1S/C15H10Cl2N2O/c16-12-5-4-9(7-13(12)17)14-8-19-15(20-14)10-2-1-3-11(18)6-10/h1-8H,18H2. The molecule has 3 nitrogen and oxygen atoms in total. The molecular formula is C15H10Cl2N2O. The molecule has 0 unspecified atom stereocenters. The number of benzene rings is 2. The molecule has 0 fully saturated rings. The van der Waals surface area contributed by atoms with Crippen LogP contribution >= 0.6 is 23.2 Å². The Labute approximate surface area is 126 Å². The average molecular weight is 305 g/mol. The van der Waals surface area contributed by atoms with E-state index < -0.39 is 0 Å². The molecule has 2 aromatic carbocycles. The summed E-state index contributed by atoms with van der Waals surface area (Å²) in [5.41, 5.74) is 8.06. The Morgan fingerprint density at radius 2 is 1.80 bits per heavy atom. The normalized spacial score (nSPS) is 10.7. The SMILES string of the molecule is Nc1cccc(-c2ncc(-c3ccc(Cl)c(Cl)c3)o2)c1. The summed E-state index contributed by atoms with van der Waals surface area (Å²) < 4.78 is 5.74. The maximum absolute atomic E-state index is 6.00. The van der Waals surface area contributed by atoms with Gasteiger partial charge in [-0.05, 0) is 36.4 Å². The van der Waals surface area contributed by atoms with Crippen molar-refractivity contribution in [3.05, 3.63) is 58.7 Å². The van der Waals surface area contributed by atoms with Gasteiger partial charge in [-0.1, -0.05) is 29.3 Å². The third kappa shape index (κ3) is 2.50. The Morgan fingerprint density at radius 3 is 2.55 bits per heavy atom. The van der Waals surface area contributed by atoms with Crippen molar-refractivity contribution in [2.45, 2.75) is 0 Å². The van der Waals surface area contributed by atoms with Gasteiger partial charge in [-0.3, -0.25) is 0 Å². The highest BCUT2D eigenvalue weighted by Crippen LogP contribution is 2.31. The van der Waals surface area contributed by atoms with Gasteiger partial charge >= 0.3 is 0 Å². The molecule has 0 spiro atoms. The molecule has 0 atom stereocenters. The van der Waals surface area contributed by atoms with E-state index >= 15 is 0 Å². The van der Waals surface area contributed by atoms with Gasteiger partial charge in [0.1, 0.15) is 0 Å². The minimum Gasteiger partial charge on any atom is -0.436 e. The van der Waals surface area contributed by atoms with Gasteiger partial charge in [0.05, 0.1) is 16.2 Å². The van der Waals surface area contributed by atoms with E-state index in [0.717, 1.165) is 11.1 Å². The molecule has 0 saturated heterocycles. The van der Waals surface area contributed by atoms with Gasteiger partial charge in [-0.25, -0.2) is 4.98 Å². The number of rotatable bonds is 2. The highest BCUT2D eigenvalue weighted by Gasteiger charge is 2.10. The molecule has 0 saturated carbocycles. The molecule has 5 heteroatoms. The van der Waals surface area contributed by atoms with Crippen LogP contribution in [-0.4, -0.2) is 4.98 Å². The first-order valence-corrected chi connectivity index (χ1v) is 6.66. The lowest BCUT2D eigenvalue weighted by atomic mass is 10.2. The van der Waals surface area contributed by atoms with Crippen molar-refractivity contribution < 1.29 is 4.42 Å². The molecule has 0 bridgehead atoms. The van der Waals surface area contributed by atoms with Crippen molar-refractivity contribution >= 4 is 28.9 Å². The Bertz CT molecular complexity index is 768. The predicted molar refractivity (Wildman–Crippen MR) is 81.8 cm³/mol. The number of aromatic nitrogens is 1. The van der Waals surface area contributed by atoms with E-state index in [4.69, 9.17) is 33.4 Å². The molecule has 1 aromatic heterocycles. The quantitative estimate of drug-likeness (QED) is 0.685. The fourth-order valence-electron chi connectivity index (χ4n) is 1.86. The van der Waals surface area contributed by atoms with Crippen molar-refractivity contribution in [2.24, 2.45) is 0 Å². The molecule has 0 aliphatic rings. The molecule has 0 amide bonds. The lowest BCUT2D eigenvalue weighted by molar-refractivity contribution is 0.589. The van der Waals surface area contributed by atoms with E-state index in [1.165, 1.54) is 0 Å². The van der Waals surface area contributed by atoms with Crippen LogP contribution in [-0.2, 0) is 0 Å². The zero-order valence-corrected chi connectivity index (χ0v) is 11.8. The second-order valence-electron chi connectivity index (χ2n) is 4.28. The highest BCUT2D eigenvalue weighted by molar-refractivity contribution is 6.42. The Kier molecular flexibility index (Phi) is 3.38. The van der Waals surface area contributed by atoms with Crippen LogP contribution in [0.15, 0.2) is 53.1 Å². The number of nitrogen functional groups attached to an aromatic ring is 1. The first-order chi connectivity index (χ1) is 9.63. The Morgan fingerprint density at radius 1 is 0.950 bits per heavy atom. The highest BCUT2D eigenvalue weighted by atomic mass is 35.5. The number of oxazole rings is 1. The van der Waals surface area contributed by atoms with Crippen molar-refractivity contribution in [3.8, 4) is 22.8 Å². The molecule has 0 aliphatic heterocycles. The summed E-state index contributed by atoms with van der Waals surface area (Å²) in [6, 6.07) is 12.7. The van der Waals surface area contributed by atoms with Gasteiger partial charge < -0.3 is 10.2 Å². The van der Waals surface area contributed by atoms with Crippen molar-refractivity contribution in [1.29, 1.82) is 0 Å². The minimum absolute atomic E-state index is 0.478. The maximum atomic E-state index is 6.00. The van der Waals surface area contributed by atoms with E-state index in [2.05, 4.69) is 4.98 Å². The number of anilines is 1. The first kappa shape index (κ1) is 13.0. The van der Waals surface area contributed by atoms with E-state index in [0.29, 0.717) is 27.4 Å². The summed E-state index contributed by atoms with van der Waals surface area (Å²) in [6.45, 7) is 0. The van der Waals surface area contributed by atoms with Crippen molar-refractivity contribution in [2.75, 3.05) is 5.73 Å². The number of hydrogen-bond acceptors (Lipinski definition) is 3. The van der Waals surface area contributed by atoms with E-state index in [-0.39, 0.29) is 0 Å². The molecule has 2 N–H and O–H groups in total. The Balaban J connectivity index is 1.99. The molecule has 1 heterocycles. The predicted octanol–water partition coefficient (Wildman–Crippen LogP) is 4.90. The summed E-state index contributed by atoms with van der Waals surface area (Å²) in [7, 11) is 0. The van der Waals surface area contributed by atoms with Gasteiger partial charge in [0.2, 0.25) is 5.89 Å². The van der Waals surface area contributed by atoms with Gasteiger partial charge in [-0.15, -0.1) is 0 Å². The summed E-state index contributed by atoms with van der Waals surface area (Å²) in [6.07, 6.45) is 1.65. The number of nitrogens with two attached hydrogens (primary N) is 1. The zero-order valence-electron chi connectivity index (χ0n) is 10.3. The maximum Gasteiger partial charge on any atom is 0.226 e. The number of nitrogens with zero attached hydrogens (tertiary/aromatic N) is 1. The van der Waals surface area contributed by atoms with Crippen LogP contribution in [0.2, 0.25) is 10.0 Å². The molecular weight excluding hydrogens is 295 g/mol. The van der Waals surface area contributed by atoms with Gasteiger partial charge in [0, 0.05) is 16.8 Å². The van der Waals surface area contributed by atoms with Gasteiger partial charge in [0.15, 0.2) is 5.76 Å². The first-order valence-electron chi connectivity index (χ1n) is 5.90. The van der Waals surface area contributed by atoms with Crippen LogP contribution in [0, 0.1) is 0 Å². The summed E-state index contributed by atoms with van der Waals surface area (Å²) in [4.78, 5) is 4.26.